The van der Waals surface area contributed by atoms with Crippen molar-refractivity contribution in [2.45, 2.75) is 91.1 Å². The van der Waals surface area contributed by atoms with Crippen molar-refractivity contribution in [3.8, 4) is 0 Å². The second kappa shape index (κ2) is 13.3. The summed E-state index contributed by atoms with van der Waals surface area (Å²) < 4.78 is 5.34. The van der Waals surface area contributed by atoms with Crippen molar-refractivity contribution in [1.29, 1.82) is 0 Å². The molecular formula is C30H42N4O5. The number of rotatable bonds is 11. The standard InChI is InChI=1S/C30H42N4O5/c1-8-30(6,7)34(27(37)23(18-24(31)35)33-28(38)39-29(3,4)5)25(22-17-13-12-14-20(22)2)26(36)32-19-21-15-10-9-11-16-21/h9-17,23,25H,8,18-19H2,1-7H3,(H2,31,35)(H,32,36)(H,33,38). The summed E-state index contributed by atoms with van der Waals surface area (Å²) in [5, 5.41) is 5.49. The molecule has 0 heterocycles. The maximum atomic E-state index is 14.3. The minimum atomic E-state index is -1.34. The Kier molecular flexibility index (Phi) is 10.7. The lowest BCUT2D eigenvalue weighted by Crippen LogP contribution is -2.60. The smallest absolute Gasteiger partial charge is 0.408 e. The first-order valence-corrected chi connectivity index (χ1v) is 13.1. The third-order valence-corrected chi connectivity index (χ3v) is 6.45. The monoisotopic (exact) mass is 538 g/mol. The summed E-state index contributed by atoms with van der Waals surface area (Å²) >= 11 is 0. The highest BCUT2D eigenvalue weighted by Gasteiger charge is 2.43. The van der Waals surface area contributed by atoms with Crippen LogP contribution in [0.3, 0.4) is 0 Å². The number of alkyl carbamates (subject to hydrolysis) is 1. The van der Waals surface area contributed by atoms with Gasteiger partial charge in [0, 0.05) is 12.1 Å². The molecule has 4 N–H and O–H groups in total. The van der Waals surface area contributed by atoms with Gasteiger partial charge >= 0.3 is 6.09 Å². The van der Waals surface area contributed by atoms with Crippen LogP contribution in [-0.4, -0.2) is 45.9 Å². The molecule has 4 amide bonds. The van der Waals surface area contributed by atoms with E-state index < -0.39 is 53.5 Å². The molecule has 9 nitrogen and oxygen atoms in total. The van der Waals surface area contributed by atoms with E-state index in [1.165, 1.54) is 4.90 Å². The second-order valence-electron chi connectivity index (χ2n) is 11.2. The number of nitrogens with two attached hydrogens (primary N) is 1. The van der Waals surface area contributed by atoms with Crippen LogP contribution in [0, 0.1) is 6.92 Å². The molecule has 0 aliphatic heterocycles. The largest absolute Gasteiger partial charge is 0.444 e. The molecule has 0 saturated carbocycles. The molecule has 0 fully saturated rings. The summed E-state index contributed by atoms with van der Waals surface area (Å²) in [6, 6.07) is 14.4. The average molecular weight is 539 g/mol. The van der Waals surface area contributed by atoms with Crippen LogP contribution < -0.4 is 16.4 Å². The number of hydrogen-bond acceptors (Lipinski definition) is 5. The molecule has 0 aromatic heterocycles. The van der Waals surface area contributed by atoms with E-state index in [2.05, 4.69) is 10.6 Å². The zero-order chi connectivity index (χ0) is 29.4. The number of carbonyl (C=O) groups is 4. The van der Waals surface area contributed by atoms with Crippen LogP contribution in [0.25, 0.3) is 0 Å². The third-order valence-electron chi connectivity index (χ3n) is 6.45. The zero-order valence-corrected chi connectivity index (χ0v) is 24.0. The van der Waals surface area contributed by atoms with Gasteiger partial charge in [0.05, 0.1) is 6.42 Å². The number of hydrogen-bond donors (Lipinski definition) is 3. The average Bonchev–Trinajstić information content (AvgIpc) is 2.84. The van der Waals surface area contributed by atoms with Crippen molar-refractivity contribution in [3.05, 3.63) is 71.3 Å². The molecule has 39 heavy (non-hydrogen) atoms. The van der Waals surface area contributed by atoms with E-state index in [-0.39, 0.29) is 6.54 Å². The third kappa shape index (κ3) is 9.12. The fourth-order valence-electron chi connectivity index (χ4n) is 4.14. The molecule has 2 rings (SSSR count). The van der Waals surface area contributed by atoms with Crippen molar-refractivity contribution in [2.75, 3.05) is 0 Å². The normalized spacial score (nSPS) is 13.1. The van der Waals surface area contributed by atoms with Gasteiger partial charge in [-0.15, -0.1) is 0 Å². The van der Waals surface area contributed by atoms with Crippen LogP contribution in [0.2, 0.25) is 0 Å². The lowest BCUT2D eigenvalue weighted by atomic mass is 9.90. The first kappa shape index (κ1) is 31.3. The first-order chi connectivity index (χ1) is 18.2. The lowest BCUT2D eigenvalue weighted by molar-refractivity contribution is -0.150. The highest BCUT2D eigenvalue weighted by Crippen LogP contribution is 2.34. The SMILES string of the molecule is CCC(C)(C)N(C(=O)C(CC(N)=O)NC(=O)OC(C)(C)C)C(C(=O)NCc1ccccc1)c1ccccc1C. The Bertz CT molecular complexity index is 1160. The number of carbonyl (C=O) groups excluding carboxylic acids is 4. The number of ether oxygens (including phenoxy) is 1. The molecule has 2 aromatic rings. The predicted octanol–water partition coefficient (Wildman–Crippen LogP) is 4.14. The topological polar surface area (TPSA) is 131 Å². The summed E-state index contributed by atoms with van der Waals surface area (Å²) in [4.78, 5) is 54.3. The number of nitrogens with one attached hydrogen (secondary N) is 2. The molecular weight excluding hydrogens is 496 g/mol. The Morgan fingerprint density at radius 2 is 1.54 bits per heavy atom. The number of benzene rings is 2. The number of nitrogens with zero attached hydrogens (tertiary/aromatic N) is 1. The van der Waals surface area contributed by atoms with Crippen LogP contribution in [0.1, 0.15) is 77.1 Å². The van der Waals surface area contributed by atoms with Gasteiger partial charge in [0.25, 0.3) is 0 Å². The minimum absolute atomic E-state index is 0.261. The second-order valence-corrected chi connectivity index (χ2v) is 11.2. The van der Waals surface area contributed by atoms with Crippen LogP contribution in [-0.2, 0) is 25.7 Å². The molecule has 0 bridgehead atoms. The van der Waals surface area contributed by atoms with E-state index in [1.54, 1.807) is 32.9 Å². The zero-order valence-electron chi connectivity index (χ0n) is 24.0. The lowest BCUT2D eigenvalue weighted by Gasteiger charge is -2.44. The van der Waals surface area contributed by atoms with Crippen LogP contribution >= 0.6 is 0 Å². The fourth-order valence-corrected chi connectivity index (χ4v) is 4.14. The van der Waals surface area contributed by atoms with Crippen molar-refractivity contribution in [3.63, 3.8) is 0 Å². The van der Waals surface area contributed by atoms with Crippen molar-refractivity contribution >= 4 is 23.8 Å². The summed E-state index contributed by atoms with van der Waals surface area (Å²) in [6.45, 7) is 12.8. The molecule has 0 spiro atoms. The molecule has 0 aliphatic carbocycles. The molecule has 2 atom stereocenters. The van der Waals surface area contributed by atoms with Gasteiger partial charge in [0.2, 0.25) is 17.7 Å². The molecule has 9 heteroatoms. The van der Waals surface area contributed by atoms with Crippen LogP contribution in [0.5, 0.6) is 0 Å². The molecule has 2 aromatic carbocycles. The van der Waals surface area contributed by atoms with Crippen LogP contribution in [0.15, 0.2) is 54.6 Å². The molecule has 0 aliphatic rings. The van der Waals surface area contributed by atoms with Gasteiger partial charge in [-0.2, -0.15) is 0 Å². The number of primary amides is 1. The van der Waals surface area contributed by atoms with Gasteiger partial charge in [0.1, 0.15) is 17.7 Å². The maximum absolute atomic E-state index is 14.3. The molecule has 2 unspecified atom stereocenters. The first-order valence-electron chi connectivity index (χ1n) is 13.1. The highest BCUT2D eigenvalue weighted by atomic mass is 16.6. The predicted molar refractivity (Wildman–Crippen MR) is 150 cm³/mol. The van der Waals surface area contributed by atoms with Crippen molar-refractivity contribution < 1.29 is 23.9 Å². The summed E-state index contributed by atoms with van der Waals surface area (Å²) in [5.41, 5.74) is 6.15. The quantitative estimate of drug-likeness (QED) is 0.396. The number of amides is 4. The summed E-state index contributed by atoms with van der Waals surface area (Å²) in [7, 11) is 0. The highest BCUT2D eigenvalue weighted by molar-refractivity contribution is 5.95. The van der Waals surface area contributed by atoms with Gasteiger partial charge in [0.15, 0.2) is 0 Å². The molecule has 212 valence electrons. The van der Waals surface area contributed by atoms with Gasteiger partial charge in [-0.3, -0.25) is 14.4 Å². The van der Waals surface area contributed by atoms with E-state index in [0.29, 0.717) is 12.0 Å². The van der Waals surface area contributed by atoms with E-state index in [4.69, 9.17) is 10.5 Å². The fraction of sp³-hybridized carbons (Fsp3) is 0.467. The Morgan fingerprint density at radius 3 is 2.08 bits per heavy atom. The Balaban J connectivity index is 2.58. The van der Waals surface area contributed by atoms with Gasteiger partial charge in [-0.1, -0.05) is 61.5 Å². The van der Waals surface area contributed by atoms with Gasteiger partial charge < -0.3 is 26.0 Å². The maximum Gasteiger partial charge on any atom is 0.408 e. The van der Waals surface area contributed by atoms with E-state index >= 15 is 0 Å². The van der Waals surface area contributed by atoms with Gasteiger partial charge in [-0.05, 0) is 64.7 Å². The molecule has 0 radical (unpaired) electrons. The summed E-state index contributed by atoms with van der Waals surface area (Å²) in [5.74, 6) is -1.78. The Hall–Kier alpha value is -3.88. The van der Waals surface area contributed by atoms with E-state index in [1.807, 2.05) is 70.2 Å². The van der Waals surface area contributed by atoms with Crippen molar-refractivity contribution in [2.24, 2.45) is 5.73 Å². The Morgan fingerprint density at radius 1 is 0.949 bits per heavy atom. The number of aryl methyl sites for hydroxylation is 1. The van der Waals surface area contributed by atoms with E-state index in [0.717, 1.165) is 11.1 Å². The Labute approximate surface area is 231 Å². The molecule has 0 saturated heterocycles. The van der Waals surface area contributed by atoms with Crippen molar-refractivity contribution in [1.82, 2.24) is 15.5 Å². The minimum Gasteiger partial charge on any atom is -0.444 e. The van der Waals surface area contributed by atoms with Crippen LogP contribution in [0.4, 0.5) is 4.79 Å². The van der Waals surface area contributed by atoms with Gasteiger partial charge in [-0.25, -0.2) is 4.79 Å². The van der Waals surface area contributed by atoms with E-state index in [9.17, 15) is 19.2 Å². The summed E-state index contributed by atoms with van der Waals surface area (Å²) in [6.07, 6.45) is -0.833.